The number of aromatic nitrogens is 1. The van der Waals surface area contributed by atoms with Crippen molar-refractivity contribution in [1.82, 2.24) is 9.88 Å². The molecule has 0 saturated carbocycles. The van der Waals surface area contributed by atoms with Crippen molar-refractivity contribution in [3.63, 3.8) is 0 Å². The van der Waals surface area contributed by atoms with Gasteiger partial charge in [0.25, 0.3) is 0 Å². The molecule has 1 aromatic rings. The van der Waals surface area contributed by atoms with Gasteiger partial charge in [-0.2, -0.15) is 0 Å². The second kappa shape index (κ2) is 4.70. The Hall–Kier alpha value is -1.29. The Kier molecular flexibility index (Phi) is 3.29. The maximum atomic E-state index is 5.91. The first kappa shape index (κ1) is 11.2. The molecule has 1 atom stereocenters. The fraction of sp³-hybridized carbons (Fsp3) is 0.583. The van der Waals surface area contributed by atoms with Crippen LogP contribution in [0.2, 0.25) is 0 Å². The molecule has 1 fully saturated rings. The van der Waals surface area contributed by atoms with Crippen LogP contribution in [0.5, 0.6) is 0 Å². The predicted molar refractivity (Wildman–Crippen MR) is 67.6 cm³/mol. The molecule has 4 nitrogen and oxygen atoms in total. The number of anilines is 2. The van der Waals surface area contributed by atoms with Crippen molar-refractivity contribution in [1.29, 1.82) is 0 Å². The van der Waals surface area contributed by atoms with Gasteiger partial charge in [-0.1, -0.05) is 0 Å². The van der Waals surface area contributed by atoms with Gasteiger partial charge in [0.2, 0.25) is 0 Å². The minimum atomic E-state index is 0.631. The van der Waals surface area contributed by atoms with Crippen LogP contribution in [-0.4, -0.2) is 43.1 Å². The third-order valence-corrected chi connectivity index (χ3v) is 3.33. The SMILES string of the molecule is CN(CC1CCCN1C)c1ncccc1N. The molecule has 1 aliphatic heterocycles. The van der Waals surface area contributed by atoms with E-state index in [0.717, 1.165) is 18.1 Å². The van der Waals surface area contributed by atoms with Gasteiger partial charge in [0, 0.05) is 25.8 Å². The van der Waals surface area contributed by atoms with E-state index >= 15 is 0 Å². The second-order valence-electron chi connectivity index (χ2n) is 4.57. The zero-order valence-electron chi connectivity index (χ0n) is 10.1. The lowest BCUT2D eigenvalue weighted by Gasteiger charge is -2.27. The molecule has 1 aliphatic rings. The predicted octanol–water partition coefficient (Wildman–Crippen LogP) is 1.19. The first-order valence-corrected chi connectivity index (χ1v) is 5.80. The van der Waals surface area contributed by atoms with Gasteiger partial charge in [-0.15, -0.1) is 0 Å². The van der Waals surface area contributed by atoms with Crippen LogP contribution < -0.4 is 10.6 Å². The highest BCUT2D eigenvalue weighted by Crippen LogP contribution is 2.21. The average Bonchev–Trinajstić information content (AvgIpc) is 2.65. The van der Waals surface area contributed by atoms with E-state index < -0.39 is 0 Å². The fourth-order valence-electron chi connectivity index (χ4n) is 2.34. The summed E-state index contributed by atoms with van der Waals surface area (Å²) in [5.74, 6) is 0.891. The van der Waals surface area contributed by atoms with Crippen LogP contribution in [0.15, 0.2) is 18.3 Å². The van der Waals surface area contributed by atoms with E-state index in [1.165, 1.54) is 19.4 Å². The number of nitrogens with zero attached hydrogens (tertiary/aromatic N) is 3. The topological polar surface area (TPSA) is 45.4 Å². The first-order chi connectivity index (χ1) is 7.68. The molecule has 1 saturated heterocycles. The maximum absolute atomic E-state index is 5.91. The molecular weight excluding hydrogens is 200 g/mol. The van der Waals surface area contributed by atoms with Crippen molar-refractivity contribution in [2.45, 2.75) is 18.9 Å². The van der Waals surface area contributed by atoms with E-state index in [-0.39, 0.29) is 0 Å². The summed E-state index contributed by atoms with van der Waals surface area (Å²) >= 11 is 0. The summed E-state index contributed by atoms with van der Waals surface area (Å²) in [5.41, 5.74) is 6.67. The molecular formula is C12H20N4. The quantitative estimate of drug-likeness (QED) is 0.831. The van der Waals surface area contributed by atoms with Gasteiger partial charge in [-0.25, -0.2) is 4.98 Å². The summed E-state index contributed by atoms with van der Waals surface area (Å²) in [5, 5.41) is 0. The van der Waals surface area contributed by atoms with Crippen molar-refractivity contribution in [3.05, 3.63) is 18.3 Å². The lowest BCUT2D eigenvalue weighted by atomic mass is 10.2. The Morgan fingerprint density at radius 3 is 3.06 bits per heavy atom. The third-order valence-electron chi connectivity index (χ3n) is 3.33. The third kappa shape index (κ3) is 2.27. The maximum Gasteiger partial charge on any atom is 0.151 e. The molecule has 1 aromatic heterocycles. The molecule has 0 amide bonds. The molecule has 2 rings (SSSR count). The highest BCUT2D eigenvalue weighted by Gasteiger charge is 2.22. The van der Waals surface area contributed by atoms with Crippen molar-refractivity contribution >= 4 is 11.5 Å². The molecule has 1 unspecified atom stereocenters. The Balaban J connectivity index is 2.03. The van der Waals surface area contributed by atoms with E-state index in [0.29, 0.717) is 6.04 Å². The van der Waals surface area contributed by atoms with Gasteiger partial charge in [0.05, 0.1) is 5.69 Å². The Morgan fingerprint density at radius 2 is 2.44 bits per heavy atom. The smallest absolute Gasteiger partial charge is 0.151 e. The molecule has 88 valence electrons. The van der Waals surface area contributed by atoms with Gasteiger partial charge in [-0.05, 0) is 38.6 Å². The number of likely N-dealkylation sites (N-methyl/N-ethyl adjacent to an activating group) is 2. The lowest BCUT2D eigenvalue weighted by Crippen LogP contribution is -2.37. The van der Waals surface area contributed by atoms with Crippen LogP contribution in [0, 0.1) is 0 Å². The van der Waals surface area contributed by atoms with Crippen LogP contribution in [0.25, 0.3) is 0 Å². The zero-order valence-corrected chi connectivity index (χ0v) is 10.1. The van der Waals surface area contributed by atoms with Crippen molar-refractivity contribution in [2.75, 3.05) is 37.8 Å². The number of likely N-dealkylation sites (tertiary alicyclic amines) is 1. The lowest BCUT2D eigenvalue weighted by molar-refractivity contribution is 0.314. The number of nitrogen functional groups attached to an aromatic ring is 1. The van der Waals surface area contributed by atoms with Crippen molar-refractivity contribution in [2.24, 2.45) is 0 Å². The van der Waals surface area contributed by atoms with Crippen LogP contribution in [0.1, 0.15) is 12.8 Å². The molecule has 0 aliphatic carbocycles. The molecule has 0 aromatic carbocycles. The summed E-state index contributed by atoms with van der Waals surface area (Å²) in [4.78, 5) is 8.89. The molecule has 16 heavy (non-hydrogen) atoms. The van der Waals surface area contributed by atoms with Gasteiger partial charge >= 0.3 is 0 Å². The molecule has 2 heterocycles. The monoisotopic (exact) mass is 220 g/mol. The van der Waals surface area contributed by atoms with Gasteiger partial charge in [0.15, 0.2) is 5.82 Å². The Labute approximate surface area is 97.1 Å². The number of hydrogen-bond acceptors (Lipinski definition) is 4. The van der Waals surface area contributed by atoms with Crippen molar-refractivity contribution in [3.8, 4) is 0 Å². The molecule has 0 radical (unpaired) electrons. The largest absolute Gasteiger partial charge is 0.396 e. The number of rotatable bonds is 3. The van der Waals surface area contributed by atoms with Gasteiger partial charge in [0.1, 0.15) is 0 Å². The van der Waals surface area contributed by atoms with E-state index in [4.69, 9.17) is 5.73 Å². The summed E-state index contributed by atoms with van der Waals surface area (Å²) in [7, 11) is 4.25. The summed E-state index contributed by atoms with van der Waals surface area (Å²) in [6.45, 7) is 2.20. The molecule has 4 heteroatoms. The Bertz CT molecular complexity index is 353. The normalized spacial score (nSPS) is 21.2. The van der Waals surface area contributed by atoms with Gasteiger partial charge in [-0.3, -0.25) is 0 Å². The molecule has 0 bridgehead atoms. The van der Waals surface area contributed by atoms with E-state index in [9.17, 15) is 0 Å². The summed E-state index contributed by atoms with van der Waals surface area (Å²) < 4.78 is 0. The number of pyridine rings is 1. The zero-order chi connectivity index (χ0) is 11.5. The van der Waals surface area contributed by atoms with E-state index in [1.54, 1.807) is 6.20 Å². The highest BCUT2D eigenvalue weighted by atomic mass is 15.2. The minimum absolute atomic E-state index is 0.631. The summed E-state index contributed by atoms with van der Waals surface area (Å²) in [6.07, 6.45) is 4.36. The highest BCUT2D eigenvalue weighted by molar-refractivity contribution is 5.61. The van der Waals surface area contributed by atoms with Crippen LogP contribution in [0.4, 0.5) is 11.5 Å². The Morgan fingerprint density at radius 1 is 1.62 bits per heavy atom. The number of nitrogens with two attached hydrogens (primary N) is 1. The van der Waals surface area contributed by atoms with E-state index in [1.807, 2.05) is 12.1 Å². The molecule has 0 spiro atoms. The fourth-order valence-corrected chi connectivity index (χ4v) is 2.34. The summed E-state index contributed by atoms with van der Waals surface area (Å²) in [6, 6.07) is 4.40. The minimum Gasteiger partial charge on any atom is -0.396 e. The molecule has 2 N–H and O–H groups in total. The first-order valence-electron chi connectivity index (χ1n) is 5.80. The van der Waals surface area contributed by atoms with Crippen LogP contribution >= 0.6 is 0 Å². The average molecular weight is 220 g/mol. The number of hydrogen-bond donors (Lipinski definition) is 1. The van der Waals surface area contributed by atoms with E-state index in [2.05, 4.69) is 28.9 Å². The standard InChI is InChI=1S/C12H20N4/c1-15-8-4-5-10(15)9-16(2)12-11(13)6-3-7-14-12/h3,6-7,10H,4-5,8-9,13H2,1-2H3. The van der Waals surface area contributed by atoms with Crippen LogP contribution in [0.3, 0.4) is 0 Å². The second-order valence-corrected chi connectivity index (χ2v) is 4.57. The van der Waals surface area contributed by atoms with Gasteiger partial charge < -0.3 is 15.5 Å². The van der Waals surface area contributed by atoms with Crippen molar-refractivity contribution < 1.29 is 0 Å². The van der Waals surface area contributed by atoms with Crippen LogP contribution in [-0.2, 0) is 0 Å².